The van der Waals surface area contributed by atoms with Crippen LogP contribution in [-0.2, 0) is 9.53 Å². The van der Waals surface area contributed by atoms with Gasteiger partial charge >= 0.3 is 5.97 Å². The van der Waals surface area contributed by atoms with Gasteiger partial charge in [0.2, 0.25) is 0 Å². The van der Waals surface area contributed by atoms with Crippen molar-refractivity contribution in [1.29, 1.82) is 0 Å². The van der Waals surface area contributed by atoms with Gasteiger partial charge < -0.3 is 9.64 Å². The van der Waals surface area contributed by atoms with Crippen LogP contribution in [0.15, 0.2) is 59.5 Å². The van der Waals surface area contributed by atoms with E-state index in [1.54, 1.807) is 6.08 Å². The van der Waals surface area contributed by atoms with Crippen LogP contribution in [-0.4, -0.2) is 20.1 Å². The van der Waals surface area contributed by atoms with Crippen molar-refractivity contribution in [3.05, 3.63) is 60.2 Å². The molecule has 0 atom stereocenters. The summed E-state index contributed by atoms with van der Waals surface area (Å²) in [6.45, 7) is 0. The molecule has 0 saturated heterocycles. The van der Waals surface area contributed by atoms with Crippen LogP contribution in [0.25, 0.3) is 6.08 Å². The SMILES string of the molecule is COC(=O)/C=C/c1ccccc1N(C)c1ccccc1S. The molecule has 108 valence electrons. The molecular weight excluding hydrogens is 282 g/mol. The molecule has 0 aliphatic rings. The Kier molecular flexibility index (Phi) is 5.06. The minimum absolute atomic E-state index is 0.373. The van der Waals surface area contributed by atoms with E-state index in [9.17, 15) is 4.79 Å². The number of hydrogen-bond donors (Lipinski definition) is 1. The number of rotatable bonds is 4. The average molecular weight is 299 g/mol. The highest BCUT2D eigenvalue weighted by Gasteiger charge is 2.09. The van der Waals surface area contributed by atoms with Crippen LogP contribution in [0.2, 0.25) is 0 Å². The fraction of sp³-hybridized carbons (Fsp3) is 0.118. The molecule has 0 aliphatic carbocycles. The van der Waals surface area contributed by atoms with E-state index in [2.05, 4.69) is 17.4 Å². The van der Waals surface area contributed by atoms with Crippen molar-refractivity contribution in [1.82, 2.24) is 0 Å². The van der Waals surface area contributed by atoms with Gasteiger partial charge in [-0.3, -0.25) is 0 Å². The molecule has 2 aromatic carbocycles. The number of para-hydroxylation sites is 2. The largest absolute Gasteiger partial charge is 0.466 e. The standard InChI is InChI=1S/C17H17NO2S/c1-18(15-9-5-6-10-16(15)21)14-8-4-3-7-13(14)11-12-17(19)20-2/h3-12,21H,1-2H3/b12-11+. The summed E-state index contributed by atoms with van der Waals surface area (Å²) >= 11 is 4.49. The Hall–Kier alpha value is -2.20. The zero-order valence-electron chi connectivity index (χ0n) is 12.0. The van der Waals surface area contributed by atoms with Crippen LogP contribution in [0.5, 0.6) is 0 Å². The van der Waals surface area contributed by atoms with Crippen LogP contribution < -0.4 is 4.90 Å². The Morgan fingerprint density at radius 2 is 1.71 bits per heavy atom. The third-order valence-corrected chi connectivity index (χ3v) is 3.52. The Labute approximate surface area is 130 Å². The van der Waals surface area contributed by atoms with Crippen molar-refractivity contribution in [2.24, 2.45) is 0 Å². The number of methoxy groups -OCH3 is 1. The summed E-state index contributed by atoms with van der Waals surface area (Å²) in [6, 6.07) is 15.7. The summed E-state index contributed by atoms with van der Waals surface area (Å²) in [5.74, 6) is -0.373. The predicted octanol–water partition coefficient (Wildman–Crippen LogP) is 3.93. The number of nitrogens with zero attached hydrogens (tertiary/aromatic N) is 1. The zero-order valence-corrected chi connectivity index (χ0v) is 12.9. The molecule has 0 bridgehead atoms. The summed E-state index contributed by atoms with van der Waals surface area (Å²) < 4.78 is 4.62. The molecule has 2 rings (SSSR count). The summed E-state index contributed by atoms with van der Waals surface area (Å²) in [7, 11) is 3.34. The molecule has 3 nitrogen and oxygen atoms in total. The second-order valence-corrected chi connectivity index (χ2v) is 4.94. The third-order valence-electron chi connectivity index (χ3n) is 3.14. The minimum atomic E-state index is -0.373. The number of ether oxygens (including phenoxy) is 1. The molecule has 4 heteroatoms. The molecule has 0 heterocycles. The molecule has 2 aromatic rings. The van der Waals surface area contributed by atoms with E-state index in [4.69, 9.17) is 0 Å². The lowest BCUT2D eigenvalue weighted by Crippen LogP contribution is -2.11. The van der Waals surface area contributed by atoms with E-state index in [1.165, 1.54) is 13.2 Å². The van der Waals surface area contributed by atoms with Crippen molar-refractivity contribution < 1.29 is 9.53 Å². The average Bonchev–Trinajstić information content (AvgIpc) is 2.52. The normalized spacial score (nSPS) is 10.6. The van der Waals surface area contributed by atoms with Crippen LogP contribution >= 0.6 is 12.6 Å². The molecule has 0 spiro atoms. The van der Waals surface area contributed by atoms with Gasteiger partial charge in [-0.05, 0) is 29.8 Å². The summed E-state index contributed by atoms with van der Waals surface area (Å²) in [5.41, 5.74) is 2.92. The van der Waals surface area contributed by atoms with Crippen molar-refractivity contribution >= 4 is 36.0 Å². The summed E-state index contributed by atoms with van der Waals surface area (Å²) in [6.07, 6.45) is 3.16. The molecule has 0 unspecified atom stereocenters. The molecule has 0 N–H and O–H groups in total. The smallest absolute Gasteiger partial charge is 0.330 e. The van der Waals surface area contributed by atoms with Gasteiger partial charge in [0.1, 0.15) is 0 Å². The summed E-state index contributed by atoms with van der Waals surface area (Å²) in [5, 5.41) is 0. The van der Waals surface area contributed by atoms with Gasteiger partial charge in [0.25, 0.3) is 0 Å². The van der Waals surface area contributed by atoms with Crippen molar-refractivity contribution in [3.63, 3.8) is 0 Å². The quantitative estimate of drug-likeness (QED) is 0.527. The molecular formula is C17H17NO2S. The van der Waals surface area contributed by atoms with Gasteiger partial charge in [0.15, 0.2) is 0 Å². The van der Waals surface area contributed by atoms with E-state index < -0.39 is 0 Å². The molecule has 0 fully saturated rings. The second-order valence-electron chi connectivity index (χ2n) is 4.46. The maximum atomic E-state index is 11.3. The van der Waals surface area contributed by atoms with Gasteiger partial charge in [-0.1, -0.05) is 30.3 Å². The van der Waals surface area contributed by atoms with Gasteiger partial charge in [0.05, 0.1) is 12.8 Å². The number of benzene rings is 2. The number of carbonyl (C=O) groups is 1. The maximum absolute atomic E-state index is 11.3. The first-order chi connectivity index (χ1) is 10.1. The highest BCUT2D eigenvalue weighted by atomic mass is 32.1. The predicted molar refractivity (Wildman–Crippen MR) is 89.2 cm³/mol. The zero-order chi connectivity index (χ0) is 15.2. The molecule has 0 aromatic heterocycles. The van der Waals surface area contributed by atoms with Gasteiger partial charge in [-0.25, -0.2) is 4.79 Å². The maximum Gasteiger partial charge on any atom is 0.330 e. The van der Waals surface area contributed by atoms with Crippen LogP contribution in [0, 0.1) is 0 Å². The van der Waals surface area contributed by atoms with Gasteiger partial charge in [0, 0.05) is 23.7 Å². The van der Waals surface area contributed by atoms with Crippen molar-refractivity contribution in [2.45, 2.75) is 4.90 Å². The highest BCUT2D eigenvalue weighted by Crippen LogP contribution is 2.31. The lowest BCUT2D eigenvalue weighted by molar-refractivity contribution is -0.134. The number of esters is 1. The molecule has 21 heavy (non-hydrogen) atoms. The monoisotopic (exact) mass is 299 g/mol. The first-order valence-corrected chi connectivity index (χ1v) is 6.95. The molecule has 0 amide bonds. The number of carbonyl (C=O) groups excluding carboxylic acids is 1. The molecule has 0 aliphatic heterocycles. The number of anilines is 2. The van der Waals surface area contributed by atoms with Crippen LogP contribution in [0.1, 0.15) is 5.56 Å². The lowest BCUT2D eigenvalue weighted by atomic mass is 10.1. The van der Waals surface area contributed by atoms with E-state index in [-0.39, 0.29) is 5.97 Å². The summed E-state index contributed by atoms with van der Waals surface area (Å²) in [4.78, 5) is 14.2. The van der Waals surface area contributed by atoms with E-state index >= 15 is 0 Å². The van der Waals surface area contributed by atoms with E-state index in [0.717, 1.165) is 21.8 Å². The van der Waals surface area contributed by atoms with Crippen molar-refractivity contribution in [2.75, 3.05) is 19.1 Å². The van der Waals surface area contributed by atoms with Gasteiger partial charge in [-0.2, -0.15) is 0 Å². The number of hydrogen-bond acceptors (Lipinski definition) is 4. The van der Waals surface area contributed by atoms with Gasteiger partial charge in [-0.15, -0.1) is 12.6 Å². The van der Waals surface area contributed by atoms with E-state index in [1.807, 2.05) is 60.5 Å². The lowest BCUT2D eigenvalue weighted by Gasteiger charge is -2.23. The molecule has 0 saturated carbocycles. The topological polar surface area (TPSA) is 29.5 Å². The van der Waals surface area contributed by atoms with Crippen molar-refractivity contribution in [3.8, 4) is 0 Å². The Balaban J connectivity index is 2.38. The Bertz CT molecular complexity index is 667. The van der Waals surface area contributed by atoms with Crippen LogP contribution in [0.3, 0.4) is 0 Å². The first kappa shape index (κ1) is 15.2. The Morgan fingerprint density at radius 3 is 2.38 bits per heavy atom. The fourth-order valence-electron chi connectivity index (χ4n) is 2.04. The minimum Gasteiger partial charge on any atom is -0.466 e. The first-order valence-electron chi connectivity index (χ1n) is 6.50. The fourth-order valence-corrected chi connectivity index (χ4v) is 2.35. The second kappa shape index (κ2) is 6.99. The highest BCUT2D eigenvalue weighted by molar-refractivity contribution is 7.80. The molecule has 0 radical (unpaired) electrons. The third kappa shape index (κ3) is 3.67. The van der Waals surface area contributed by atoms with E-state index in [0.29, 0.717) is 0 Å². The van der Waals surface area contributed by atoms with Crippen LogP contribution in [0.4, 0.5) is 11.4 Å². The number of thiol groups is 1. The Morgan fingerprint density at radius 1 is 1.10 bits per heavy atom.